The van der Waals surface area contributed by atoms with E-state index in [4.69, 9.17) is 9.84 Å². The molecule has 1 aliphatic rings. The van der Waals surface area contributed by atoms with Crippen molar-refractivity contribution in [1.82, 2.24) is 15.3 Å². The van der Waals surface area contributed by atoms with Crippen molar-refractivity contribution in [2.24, 2.45) is 0 Å². The number of carboxylic acid groups (broad SMARTS) is 1. The van der Waals surface area contributed by atoms with Crippen molar-refractivity contribution in [1.29, 1.82) is 0 Å². The molecule has 0 aliphatic carbocycles. The zero-order valence-corrected chi connectivity index (χ0v) is 16.7. The molecule has 2 heterocycles. The molecule has 1 amide bonds. The lowest BCUT2D eigenvalue weighted by molar-refractivity contribution is 0.0504. The summed E-state index contributed by atoms with van der Waals surface area (Å²) in [5.41, 5.74) is -0.817. The number of alkyl carbamates (subject to hydrolysis) is 1. The number of aromatic nitrogens is 2. The van der Waals surface area contributed by atoms with Crippen LogP contribution in [0.1, 0.15) is 42.7 Å². The monoisotopic (exact) mass is 420 g/mol. The van der Waals surface area contributed by atoms with Crippen molar-refractivity contribution in [2.75, 3.05) is 18.0 Å². The minimum atomic E-state index is -1.21. The molecule has 2 aromatic rings. The standard InChI is InChI=1S/C20H22F2N4O4/c1-20(2,3)30-19(29)25-16-10-26(17-8-23-15(7-24-17)18(27)28)9-13(16)12-6-11(21)4-5-14(12)22/h4-8,13,16H,9-10H2,1-3H3,(H,25,29)(H,27,28). The summed E-state index contributed by atoms with van der Waals surface area (Å²) in [5.74, 6) is -2.62. The van der Waals surface area contributed by atoms with Gasteiger partial charge in [0.25, 0.3) is 0 Å². The number of carbonyl (C=O) groups is 2. The number of aromatic carboxylic acids is 1. The summed E-state index contributed by atoms with van der Waals surface area (Å²) < 4.78 is 33.5. The van der Waals surface area contributed by atoms with Crippen LogP contribution in [0.2, 0.25) is 0 Å². The summed E-state index contributed by atoms with van der Waals surface area (Å²) in [6.45, 7) is 5.59. The zero-order chi connectivity index (χ0) is 22.1. The molecule has 8 nitrogen and oxygen atoms in total. The highest BCUT2D eigenvalue weighted by atomic mass is 19.1. The van der Waals surface area contributed by atoms with E-state index in [1.165, 1.54) is 6.20 Å². The zero-order valence-electron chi connectivity index (χ0n) is 16.7. The van der Waals surface area contributed by atoms with Gasteiger partial charge in [-0.1, -0.05) is 0 Å². The van der Waals surface area contributed by atoms with E-state index in [1.807, 2.05) is 0 Å². The fraction of sp³-hybridized carbons (Fsp3) is 0.400. The highest BCUT2D eigenvalue weighted by Gasteiger charge is 2.38. The van der Waals surface area contributed by atoms with E-state index < -0.39 is 41.3 Å². The minimum absolute atomic E-state index is 0.119. The number of halogens is 2. The number of nitrogens with zero attached hydrogens (tertiary/aromatic N) is 3. The first-order valence-corrected chi connectivity index (χ1v) is 9.28. The molecule has 1 aromatic carbocycles. The second kappa shape index (κ2) is 8.21. The van der Waals surface area contributed by atoms with Gasteiger partial charge in [0.2, 0.25) is 0 Å². The van der Waals surface area contributed by atoms with Gasteiger partial charge in [0.15, 0.2) is 5.69 Å². The van der Waals surface area contributed by atoms with Gasteiger partial charge in [-0.3, -0.25) is 0 Å². The Balaban J connectivity index is 1.88. The molecule has 160 valence electrons. The van der Waals surface area contributed by atoms with Crippen molar-refractivity contribution < 1.29 is 28.2 Å². The van der Waals surface area contributed by atoms with Crippen LogP contribution in [-0.2, 0) is 4.74 Å². The lowest BCUT2D eigenvalue weighted by Crippen LogP contribution is -2.43. The van der Waals surface area contributed by atoms with E-state index in [0.717, 1.165) is 24.4 Å². The van der Waals surface area contributed by atoms with Gasteiger partial charge in [0, 0.05) is 19.0 Å². The molecule has 1 fully saturated rings. The third-order valence-electron chi connectivity index (χ3n) is 4.56. The van der Waals surface area contributed by atoms with E-state index in [2.05, 4.69) is 15.3 Å². The summed E-state index contributed by atoms with van der Waals surface area (Å²) in [7, 11) is 0. The van der Waals surface area contributed by atoms with Gasteiger partial charge in [0.1, 0.15) is 23.1 Å². The fourth-order valence-corrected chi connectivity index (χ4v) is 3.30. The Morgan fingerprint density at radius 2 is 1.93 bits per heavy atom. The molecule has 30 heavy (non-hydrogen) atoms. The number of anilines is 1. The Hall–Kier alpha value is -3.30. The first kappa shape index (κ1) is 21.4. The number of ether oxygens (including phenoxy) is 1. The van der Waals surface area contributed by atoms with Crippen molar-refractivity contribution >= 4 is 17.9 Å². The van der Waals surface area contributed by atoms with Crippen LogP contribution in [0.5, 0.6) is 0 Å². The molecule has 2 atom stereocenters. The van der Waals surface area contributed by atoms with Crippen LogP contribution in [0.4, 0.5) is 19.4 Å². The highest BCUT2D eigenvalue weighted by molar-refractivity contribution is 5.84. The number of amides is 1. The predicted molar refractivity (Wildman–Crippen MR) is 103 cm³/mol. The number of nitrogens with one attached hydrogen (secondary N) is 1. The third-order valence-corrected chi connectivity index (χ3v) is 4.56. The average Bonchev–Trinajstić information content (AvgIpc) is 3.05. The molecule has 0 bridgehead atoms. The molecule has 3 rings (SSSR count). The topological polar surface area (TPSA) is 105 Å². The van der Waals surface area contributed by atoms with E-state index in [-0.39, 0.29) is 24.3 Å². The number of carbonyl (C=O) groups excluding carboxylic acids is 1. The van der Waals surface area contributed by atoms with Crippen LogP contribution in [0.25, 0.3) is 0 Å². The maximum Gasteiger partial charge on any atom is 0.407 e. The molecular formula is C20H22F2N4O4. The third kappa shape index (κ3) is 5.00. The van der Waals surface area contributed by atoms with Crippen LogP contribution in [-0.4, -0.2) is 51.9 Å². The number of carboxylic acids is 1. The van der Waals surface area contributed by atoms with Gasteiger partial charge >= 0.3 is 12.1 Å². The summed E-state index contributed by atoms with van der Waals surface area (Å²) in [6, 6.07) is 2.57. The molecular weight excluding hydrogens is 398 g/mol. The van der Waals surface area contributed by atoms with Gasteiger partial charge in [-0.15, -0.1) is 0 Å². The first-order chi connectivity index (χ1) is 14.0. The summed E-state index contributed by atoms with van der Waals surface area (Å²) in [5, 5.41) is 11.7. The van der Waals surface area contributed by atoms with Gasteiger partial charge in [0.05, 0.1) is 18.4 Å². The molecule has 2 unspecified atom stereocenters. The van der Waals surface area contributed by atoms with Gasteiger partial charge in [-0.25, -0.2) is 28.3 Å². The number of benzene rings is 1. The SMILES string of the molecule is CC(C)(C)OC(=O)NC1CN(c2cnc(C(=O)O)cn2)CC1c1cc(F)ccc1F. The molecule has 0 saturated carbocycles. The van der Waals surface area contributed by atoms with Crippen LogP contribution in [0.3, 0.4) is 0 Å². The Morgan fingerprint density at radius 1 is 1.20 bits per heavy atom. The Kier molecular flexibility index (Phi) is 5.86. The molecule has 1 aromatic heterocycles. The number of hydrogen-bond acceptors (Lipinski definition) is 6. The summed E-state index contributed by atoms with van der Waals surface area (Å²) >= 11 is 0. The molecule has 10 heteroatoms. The lowest BCUT2D eigenvalue weighted by atomic mass is 9.94. The predicted octanol–water partition coefficient (Wildman–Crippen LogP) is 2.95. The van der Waals surface area contributed by atoms with Crippen molar-refractivity contribution in [3.8, 4) is 0 Å². The van der Waals surface area contributed by atoms with Crippen LogP contribution < -0.4 is 10.2 Å². The van der Waals surface area contributed by atoms with E-state index >= 15 is 0 Å². The first-order valence-electron chi connectivity index (χ1n) is 9.28. The minimum Gasteiger partial charge on any atom is -0.476 e. The Bertz CT molecular complexity index is 947. The van der Waals surface area contributed by atoms with Gasteiger partial charge in [-0.05, 0) is 44.5 Å². The quantitative estimate of drug-likeness (QED) is 0.784. The van der Waals surface area contributed by atoms with Crippen molar-refractivity contribution in [3.05, 3.63) is 53.5 Å². The second-order valence-corrected chi connectivity index (χ2v) is 8.00. The van der Waals surface area contributed by atoms with Crippen LogP contribution >= 0.6 is 0 Å². The van der Waals surface area contributed by atoms with Crippen molar-refractivity contribution in [2.45, 2.75) is 38.3 Å². The molecule has 1 aliphatic heterocycles. The van der Waals surface area contributed by atoms with E-state index in [9.17, 15) is 18.4 Å². The van der Waals surface area contributed by atoms with Crippen LogP contribution in [0, 0.1) is 11.6 Å². The normalized spacial score (nSPS) is 18.9. The van der Waals surface area contributed by atoms with E-state index in [1.54, 1.807) is 25.7 Å². The molecule has 0 radical (unpaired) electrons. The Morgan fingerprint density at radius 3 is 2.53 bits per heavy atom. The summed E-state index contributed by atoms with van der Waals surface area (Å²) in [4.78, 5) is 32.9. The largest absolute Gasteiger partial charge is 0.476 e. The maximum absolute atomic E-state index is 14.5. The van der Waals surface area contributed by atoms with Gasteiger partial charge < -0.3 is 20.1 Å². The summed E-state index contributed by atoms with van der Waals surface area (Å²) in [6.07, 6.45) is 1.73. The Labute approximate surface area is 171 Å². The van der Waals surface area contributed by atoms with Crippen molar-refractivity contribution in [3.63, 3.8) is 0 Å². The smallest absolute Gasteiger partial charge is 0.407 e. The fourth-order valence-electron chi connectivity index (χ4n) is 3.30. The van der Waals surface area contributed by atoms with E-state index in [0.29, 0.717) is 5.82 Å². The second-order valence-electron chi connectivity index (χ2n) is 8.00. The van der Waals surface area contributed by atoms with Gasteiger partial charge in [-0.2, -0.15) is 0 Å². The molecule has 1 saturated heterocycles. The lowest BCUT2D eigenvalue weighted by Gasteiger charge is -2.24. The number of hydrogen-bond donors (Lipinski definition) is 2. The highest BCUT2D eigenvalue weighted by Crippen LogP contribution is 2.32. The maximum atomic E-state index is 14.5. The molecule has 2 N–H and O–H groups in total. The van der Waals surface area contributed by atoms with Crippen LogP contribution in [0.15, 0.2) is 30.6 Å². The molecule has 0 spiro atoms. The average molecular weight is 420 g/mol. The number of rotatable bonds is 4.